The quantitative estimate of drug-likeness (QED) is 0.804. The van der Waals surface area contributed by atoms with E-state index in [4.69, 9.17) is 27.9 Å². The molecule has 0 aliphatic rings. The Kier molecular flexibility index (Phi) is 6.16. The number of hydrogen-bond donors (Lipinski definition) is 1. The molecule has 2 aromatic carbocycles. The minimum absolute atomic E-state index is 0.0462. The Morgan fingerprint density at radius 3 is 2.28 bits per heavy atom. The maximum Gasteiger partial charge on any atom is 0.261 e. The van der Waals surface area contributed by atoms with E-state index in [1.807, 2.05) is 0 Å². The van der Waals surface area contributed by atoms with E-state index in [0.29, 0.717) is 16.5 Å². The summed E-state index contributed by atoms with van der Waals surface area (Å²) in [5.41, 5.74) is 0.298. The monoisotopic (exact) mass is 402 g/mol. The van der Waals surface area contributed by atoms with Gasteiger partial charge in [0.2, 0.25) is 0 Å². The number of sulfonamides is 1. The van der Waals surface area contributed by atoms with Gasteiger partial charge in [0.25, 0.3) is 15.9 Å². The highest BCUT2D eigenvalue weighted by Crippen LogP contribution is 2.26. The van der Waals surface area contributed by atoms with Crippen molar-refractivity contribution in [2.24, 2.45) is 0 Å². The van der Waals surface area contributed by atoms with Gasteiger partial charge in [0.1, 0.15) is 5.75 Å². The SMILES string of the molecule is CN(C)C(=O)COc1ccc(S(=O)(=O)Nc2ccc(Cl)c(Cl)c2)cc1. The molecule has 0 atom stereocenters. The van der Waals surface area contributed by atoms with Crippen LogP contribution in [-0.2, 0) is 14.8 Å². The average molecular weight is 403 g/mol. The summed E-state index contributed by atoms with van der Waals surface area (Å²) < 4.78 is 32.5. The normalized spacial score (nSPS) is 11.0. The van der Waals surface area contributed by atoms with Crippen LogP contribution in [0.25, 0.3) is 0 Å². The van der Waals surface area contributed by atoms with Crippen LogP contribution < -0.4 is 9.46 Å². The standard InChI is InChI=1S/C16H16Cl2N2O4S/c1-20(2)16(21)10-24-12-4-6-13(7-5-12)25(22,23)19-11-3-8-14(17)15(18)9-11/h3-9,19H,10H2,1-2H3. The van der Waals surface area contributed by atoms with Crippen LogP contribution in [0.4, 0.5) is 5.69 Å². The smallest absolute Gasteiger partial charge is 0.261 e. The highest BCUT2D eigenvalue weighted by molar-refractivity contribution is 7.92. The number of hydrogen-bond acceptors (Lipinski definition) is 4. The number of nitrogens with one attached hydrogen (secondary N) is 1. The van der Waals surface area contributed by atoms with Crippen LogP contribution in [0.1, 0.15) is 0 Å². The molecular weight excluding hydrogens is 387 g/mol. The number of ether oxygens (including phenoxy) is 1. The number of nitrogens with zero attached hydrogens (tertiary/aromatic N) is 1. The molecule has 0 unspecified atom stereocenters. The highest BCUT2D eigenvalue weighted by atomic mass is 35.5. The molecule has 0 radical (unpaired) electrons. The zero-order valence-electron chi connectivity index (χ0n) is 13.5. The number of halogens is 2. The van der Waals surface area contributed by atoms with Gasteiger partial charge in [0.05, 0.1) is 20.6 Å². The van der Waals surface area contributed by atoms with E-state index < -0.39 is 10.0 Å². The predicted molar refractivity (Wildman–Crippen MR) is 97.9 cm³/mol. The van der Waals surface area contributed by atoms with E-state index in [1.54, 1.807) is 14.1 Å². The third-order valence-corrected chi connectivity index (χ3v) is 5.30. The van der Waals surface area contributed by atoms with Crippen molar-refractivity contribution in [1.82, 2.24) is 4.90 Å². The van der Waals surface area contributed by atoms with E-state index in [9.17, 15) is 13.2 Å². The largest absolute Gasteiger partial charge is 0.484 e. The number of likely N-dealkylation sites (N-methyl/N-ethyl adjacent to an activating group) is 1. The van der Waals surface area contributed by atoms with Gasteiger partial charge < -0.3 is 9.64 Å². The lowest BCUT2D eigenvalue weighted by atomic mass is 10.3. The summed E-state index contributed by atoms with van der Waals surface area (Å²) in [5.74, 6) is 0.196. The predicted octanol–water partition coefficient (Wildman–Crippen LogP) is 3.26. The second kappa shape index (κ2) is 7.95. The molecule has 2 rings (SSSR count). The van der Waals surface area contributed by atoms with Crippen molar-refractivity contribution < 1.29 is 17.9 Å². The summed E-state index contributed by atoms with van der Waals surface area (Å²) in [7, 11) is -0.545. The fourth-order valence-electron chi connectivity index (χ4n) is 1.76. The molecule has 0 heterocycles. The van der Waals surface area contributed by atoms with Crippen molar-refractivity contribution in [3.63, 3.8) is 0 Å². The molecule has 6 nitrogen and oxygen atoms in total. The van der Waals surface area contributed by atoms with Gasteiger partial charge in [0.15, 0.2) is 6.61 Å². The summed E-state index contributed by atoms with van der Waals surface area (Å²) in [5, 5.41) is 0.578. The Morgan fingerprint density at radius 1 is 1.08 bits per heavy atom. The Hall–Kier alpha value is -1.96. The molecule has 0 saturated heterocycles. The number of carbonyl (C=O) groups is 1. The lowest BCUT2D eigenvalue weighted by Gasteiger charge is -2.12. The lowest BCUT2D eigenvalue weighted by Crippen LogP contribution is -2.27. The maximum atomic E-state index is 12.4. The van der Waals surface area contributed by atoms with Gasteiger partial charge >= 0.3 is 0 Å². The minimum Gasteiger partial charge on any atom is -0.484 e. The first kappa shape index (κ1) is 19.4. The Balaban J connectivity index is 2.09. The molecule has 0 aliphatic heterocycles. The molecule has 1 amide bonds. The first-order valence-corrected chi connectivity index (χ1v) is 9.34. The molecular formula is C16H16Cl2N2O4S. The summed E-state index contributed by atoms with van der Waals surface area (Å²) in [6.45, 7) is -0.124. The topological polar surface area (TPSA) is 75.7 Å². The molecule has 0 aliphatic carbocycles. The van der Waals surface area contributed by atoms with E-state index in [-0.39, 0.29) is 22.4 Å². The zero-order chi connectivity index (χ0) is 18.6. The van der Waals surface area contributed by atoms with E-state index in [0.717, 1.165) is 0 Å². The van der Waals surface area contributed by atoms with Gasteiger partial charge in [0, 0.05) is 14.1 Å². The van der Waals surface area contributed by atoms with Gasteiger partial charge in [-0.15, -0.1) is 0 Å². The zero-order valence-corrected chi connectivity index (χ0v) is 15.8. The van der Waals surface area contributed by atoms with Crippen molar-refractivity contribution in [3.05, 3.63) is 52.5 Å². The first-order chi connectivity index (χ1) is 11.7. The molecule has 1 N–H and O–H groups in total. The first-order valence-electron chi connectivity index (χ1n) is 7.10. The van der Waals surface area contributed by atoms with Crippen molar-refractivity contribution in [3.8, 4) is 5.75 Å². The van der Waals surface area contributed by atoms with Gasteiger partial charge in [-0.1, -0.05) is 23.2 Å². The van der Waals surface area contributed by atoms with Gasteiger partial charge in [-0.25, -0.2) is 8.42 Å². The van der Waals surface area contributed by atoms with Crippen LogP contribution in [0.3, 0.4) is 0 Å². The number of benzene rings is 2. The Labute approximate surface area is 156 Å². The van der Waals surface area contributed by atoms with Gasteiger partial charge in [-0.3, -0.25) is 9.52 Å². The minimum atomic E-state index is -3.79. The van der Waals surface area contributed by atoms with Crippen molar-refractivity contribution in [2.45, 2.75) is 4.90 Å². The van der Waals surface area contributed by atoms with Gasteiger partial charge in [-0.05, 0) is 42.5 Å². The molecule has 134 valence electrons. The van der Waals surface area contributed by atoms with Crippen LogP contribution in [-0.4, -0.2) is 39.9 Å². The summed E-state index contributed by atoms with van der Waals surface area (Å²) in [6, 6.07) is 10.2. The summed E-state index contributed by atoms with van der Waals surface area (Å²) in [6.07, 6.45) is 0. The van der Waals surface area contributed by atoms with E-state index in [2.05, 4.69) is 4.72 Å². The highest BCUT2D eigenvalue weighted by Gasteiger charge is 2.15. The number of carbonyl (C=O) groups excluding carboxylic acids is 1. The number of rotatable bonds is 6. The van der Waals surface area contributed by atoms with Crippen molar-refractivity contribution in [2.75, 3.05) is 25.4 Å². The number of amides is 1. The molecule has 25 heavy (non-hydrogen) atoms. The average Bonchev–Trinajstić information content (AvgIpc) is 2.56. The summed E-state index contributed by atoms with van der Waals surface area (Å²) >= 11 is 11.7. The fraction of sp³-hybridized carbons (Fsp3) is 0.188. The lowest BCUT2D eigenvalue weighted by molar-refractivity contribution is -0.130. The maximum absolute atomic E-state index is 12.4. The van der Waals surface area contributed by atoms with Crippen LogP contribution in [0.15, 0.2) is 47.4 Å². The molecule has 0 aromatic heterocycles. The van der Waals surface area contributed by atoms with Crippen molar-refractivity contribution >= 4 is 44.8 Å². The summed E-state index contributed by atoms with van der Waals surface area (Å²) in [4.78, 5) is 12.9. The third-order valence-electron chi connectivity index (χ3n) is 3.17. The molecule has 9 heteroatoms. The van der Waals surface area contributed by atoms with Crippen molar-refractivity contribution in [1.29, 1.82) is 0 Å². The van der Waals surface area contributed by atoms with E-state index in [1.165, 1.54) is 47.4 Å². The van der Waals surface area contributed by atoms with Gasteiger partial charge in [-0.2, -0.15) is 0 Å². The Morgan fingerprint density at radius 2 is 1.72 bits per heavy atom. The molecule has 0 bridgehead atoms. The second-order valence-corrected chi connectivity index (χ2v) is 7.78. The molecule has 0 saturated carbocycles. The Bertz CT molecular complexity index is 868. The molecule has 0 spiro atoms. The third kappa shape index (κ3) is 5.26. The van der Waals surface area contributed by atoms with Crippen LogP contribution in [0.5, 0.6) is 5.75 Å². The van der Waals surface area contributed by atoms with Crippen LogP contribution in [0.2, 0.25) is 10.0 Å². The molecule has 0 fully saturated rings. The fourth-order valence-corrected chi connectivity index (χ4v) is 3.11. The van der Waals surface area contributed by atoms with Crippen LogP contribution >= 0.6 is 23.2 Å². The second-order valence-electron chi connectivity index (χ2n) is 5.28. The van der Waals surface area contributed by atoms with E-state index >= 15 is 0 Å². The molecule has 2 aromatic rings. The van der Waals surface area contributed by atoms with Crippen LogP contribution in [0, 0.1) is 0 Å². The number of anilines is 1.